The number of nitrogens with two attached hydrogens (primary N) is 1. The van der Waals surface area contributed by atoms with Crippen LogP contribution in [0.5, 0.6) is 11.8 Å². The average molecular weight is 298 g/mol. The van der Waals surface area contributed by atoms with Gasteiger partial charge in [-0.15, -0.1) is 0 Å². The molecule has 0 radical (unpaired) electrons. The van der Waals surface area contributed by atoms with Gasteiger partial charge in [-0.2, -0.15) is 9.97 Å². The summed E-state index contributed by atoms with van der Waals surface area (Å²) >= 11 is 3.19. The van der Waals surface area contributed by atoms with E-state index in [0.717, 1.165) is 0 Å². The number of nitrogen functional groups attached to an aromatic ring is 1. The first-order valence-electron chi connectivity index (χ1n) is 4.78. The SMILES string of the molecule is Cc1cc(F)ccc1Oc1nc(N)cc(Br)n1. The number of benzene rings is 1. The lowest BCUT2D eigenvalue weighted by Gasteiger charge is -2.07. The predicted molar refractivity (Wildman–Crippen MR) is 65.4 cm³/mol. The Hall–Kier alpha value is -1.69. The largest absolute Gasteiger partial charge is 0.424 e. The van der Waals surface area contributed by atoms with E-state index < -0.39 is 0 Å². The summed E-state index contributed by atoms with van der Waals surface area (Å²) in [5.41, 5.74) is 6.21. The minimum Gasteiger partial charge on any atom is -0.424 e. The standard InChI is InChI=1S/C11H9BrFN3O/c1-6-4-7(13)2-3-8(6)17-11-15-9(12)5-10(14)16-11/h2-5H,1H3,(H2,14,15,16). The van der Waals surface area contributed by atoms with Crippen LogP contribution >= 0.6 is 15.9 Å². The van der Waals surface area contributed by atoms with E-state index in [0.29, 0.717) is 21.7 Å². The van der Waals surface area contributed by atoms with Gasteiger partial charge >= 0.3 is 6.01 Å². The van der Waals surface area contributed by atoms with Crippen molar-refractivity contribution in [3.8, 4) is 11.8 Å². The summed E-state index contributed by atoms with van der Waals surface area (Å²) in [5.74, 6) is 0.468. The monoisotopic (exact) mass is 297 g/mol. The average Bonchev–Trinajstić information content (AvgIpc) is 2.21. The fourth-order valence-electron chi connectivity index (χ4n) is 1.28. The van der Waals surface area contributed by atoms with E-state index in [1.165, 1.54) is 18.2 Å². The number of nitrogens with zero attached hydrogens (tertiary/aromatic N) is 2. The molecule has 88 valence electrons. The highest BCUT2D eigenvalue weighted by molar-refractivity contribution is 9.10. The Morgan fingerprint density at radius 2 is 2.06 bits per heavy atom. The predicted octanol–water partition coefficient (Wildman–Crippen LogP) is 3.06. The van der Waals surface area contributed by atoms with Gasteiger partial charge in [0.2, 0.25) is 0 Å². The summed E-state index contributed by atoms with van der Waals surface area (Å²) in [5, 5.41) is 0. The number of hydrogen-bond donors (Lipinski definition) is 1. The van der Waals surface area contributed by atoms with Crippen molar-refractivity contribution in [2.24, 2.45) is 0 Å². The van der Waals surface area contributed by atoms with Crippen LogP contribution < -0.4 is 10.5 Å². The first-order chi connectivity index (χ1) is 8.04. The minimum atomic E-state index is -0.315. The Kier molecular flexibility index (Phi) is 3.23. The molecule has 1 heterocycles. The minimum absolute atomic E-state index is 0.117. The van der Waals surface area contributed by atoms with E-state index in [4.69, 9.17) is 10.5 Å². The van der Waals surface area contributed by atoms with Crippen molar-refractivity contribution >= 4 is 21.7 Å². The summed E-state index contributed by atoms with van der Waals surface area (Å²) in [7, 11) is 0. The zero-order valence-corrected chi connectivity index (χ0v) is 10.5. The molecule has 17 heavy (non-hydrogen) atoms. The third kappa shape index (κ3) is 2.91. The summed E-state index contributed by atoms with van der Waals surface area (Å²) in [4.78, 5) is 7.92. The lowest BCUT2D eigenvalue weighted by atomic mass is 10.2. The van der Waals surface area contributed by atoms with Crippen molar-refractivity contribution in [1.82, 2.24) is 9.97 Å². The van der Waals surface area contributed by atoms with Gasteiger partial charge in [0, 0.05) is 6.07 Å². The molecule has 0 amide bonds. The molecule has 0 atom stereocenters. The van der Waals surface area contributed by atoms with E-state index in [-0.39, 0.29) is 11.8 Å². The Morgan fingerprint density at radius 3 is 2.71 bits per heavy atom. The van der Waals surface area contributed by atoms with Crippen molar-refractivity contribution in [2.45, 2.75) is 6.92 Å². The van der Waals surface area contributed by atoms with Crippen LogP contribution in [0.15, 0.2) is 28.9 Å². The maximum atomic E-state index is 12.9. The van der Waals surface area contributed by atoms with Crippen LogP contribution in [-0.2, 0) is 0 Å². The fourth-order valence-corrected chi connectivity index (χ4v) is 1.67. The number of anilines is 1. The molecular weight excluding hydrogens is 289 g/mol. The van der Waals surface area contributed by atoms with Crippen molar-refractivity contribution < 1.29 is 9.13 Å². The molecule has 0 aliphatic heterocycles. The van der Waals surface area contributed by atoms with Gasteiger partial charge in [-0.25, -0.2) is 4.39 Å². The second-order valence-electron chi connectivity index (χ2n) is 3.41. The lowest BCUT2D eigenvalue weighted by molar-refractivity contribution is 0.437. The highest BCUT2D eigenvalue weighted by Crippen LogP contribution is 2.24. The van der Waals surface area contributed by atoms with Crippen molar-refractivity contribution in [1.29, 1.82) is 0 Å². The van der Waals surface area contributed by atoms with Crippen LogP contribution in [0, 0.1) is 12.7 Å². The molecule has 1 aromatic carbocycles. The van der Waals surface area contributed by atoms with E-state index in [2.05, 4.69) is 25.9 Å². The molecule has 0 bridgehead atoms. The zero-order chi connectivity index (χ0) is 12.4. The van der Waals surface area contributed by atoms with Crippen LogP contribution in [0.25, 0.3) is 0 Å². The van der Waals surface area contributed by atoms with Gasteiger partial charge in [0.25, 0.3) is 0 Å². The van der Waals surface area contributed by atoms with Gasteiger partial charge < -0.3 is 10.5 Å². The first kappa shape index (κ1) is 11.8. The summed E-state index contributed by atoms with van der Waals surface area (Å²) in [6.45, 7) is 1.74. The summed E-state index contributed by atoms with van der Waals surface area (Å²) < 4.78 is 18.9. The summed E-state index contributed by atoms with van der Waals surface area (Å²) in [6.07, 6.45) is 0. The van der Waals surface area contributed by atoms with E-state index in [1.54, 1.807) is 13.0 Å². The highest BCUT2D eigenvalue weighted by Gasteiger charge is 2.06. The van der Waals surface area contributed by atoms with Crippen molar-refractivity contribution in [2.75, 3.05) is 5.73 Å². The molecular formula is C11H9BrFN3O. The van der Waals surface area contributed by atoms with E-state index in [9.17, 15) is 4.39 Å². The van der Waals surface area contributed by atoms with E-state index in [1.807, 2.05) is 0 Å². The fraction of sp³-hybridized carbons (Fsp3) is 0.0909. The molecule has 2 N–H and O–H groups in total. The molecule has 0 unspecified atom stereocenters. The highest BCUT2D eigenvalue weighted by atomic mass is 79.9. The van der Waals surface area contributed by atoms with Crippen LogP contribution in [-0.4, -0.2) is 9.97 Å². The topological polar surface area (TPSA) is 61.0 Å². The van der Waals surface area contributed by atoms with Crippen LogP contribution in [0.2, 0.25) is 0 Å². The van der Waals surface area contributed by atoms with Gasteiger partial charge in [-0.05, 0) is 46.6 Å². The maximum absolute atomic E-state index is 12.9. The second kappa shape index (κ2) is 4.67. The third-order valence-corrected chi connectivity index (χ3v) is 2.44. The van der Waals surface area contributed by atoms with Gasteiger partial charge in [-0.1, -0.05) is 0 Å². The maximum Gasteiger partial charge on any atom is 0.325 e. The number of aryl methyl sites for hydroxylation is 1. The van der Waals surface area contributed by atoms with Crippen LogP contribution in [0.1, 0.15) is 5.56 Å². The second-order valence-corrected chi connectivity index (χ2v) is 4.22. The Bertz CT molecular complexity index is 542. The van der Waals surface area contributed by atoms with Crippen molar-refractivity contribution in [3.05, 3.63) is 40.2 Å². The molecule has 1 aromatic heterocycles. The summed E-state index contributed by atoms with van der Waals surface area (Å²) in [6, 6.07) is 5.88. The number of aromatic nitrogens is 2. The van der Waals surface area contributed by atoms with Gasteiger partial charge in [-0.3, -0.25) is 0 Å². The zero-order valence-electron chi connectivity index (χ0n) is 8.95. The molecule has 2 aromatic rings. The lowest BCUT2D eigenvalue weighted by Crippen LogP contribution is -1.98. The number of ether oxygens (including phenoxy) is 1. The van der Waals surface area contributed by atoms with Crippen LogP contribution in [0.4, 0.5) is 10.2 Å². The van der Waals surface area contributed by atoms with Gasteiger partial charge in [0.05, 0.1) is 0 Å². The van der Waals surface area contributed by atoms with Crippen molar-refractivity contribution in [3.63, 3.8) is 0 Å². The molecule has 0 fully saturated rings. The molecule has 2 rings (SSSR count). The van der Waals surface area contributed by atoms with Gasteiger partial charge in [0.15, 0.2) is 0 Å². The molecule has 6 heteroatoms. The Balaban J connectivity index is 2.31. The molecule has 0 aliphatic carbocycles. The quantitative estimate of drug-likeness (QED) is 0.866. The third-order valence-electron chi connectivity index (χ3n) is 2.03. The smallest absolute Gasteiger partial charge is 0.325 e. The number of hydrogen-bond acceptors (Lipinski definition) is 4. The van der Waals surface area contributed by atoms with E-state index >= 15 is 0 Å². The number of halogens is 2. The molecule has 0 aliphatic rings. The molecule has 0 saturated carbocycles. The Labute approximate surface area is 106 Å². The Morgan fingerprint density at radius 1 is 1.29 bits per heavy atom. The molecule has 0 saturated heterocycles. The normalized spacial score (nSPS) is 10.3. The van der Waals surface area contributed by atoms with Gasteiger partial charge in [0.1, 0.15) is 22.0 Å². The number of rotatable bonds is 2. The van der Waals surface area contributed by atoms with Crippen LogP contribution in [0.3, 0.4) is 0 Å². The molecule has 4 nitrogen and oxygen atoms in total. The first-order valence-corrected chi connectivity index (χ1v) is 5.58. The molecule has 0 spiro atoms.